The fourth-order valence-corrected chi connectivity index (χ4v) is 8.43. The van der Waals surface area contributed by atoms with Crippen molar-refractivity contribution in [2.24, 2.45) is 5.92 Å². The first kappa shape index (κ1) is 31.0. The summed E-state index contributed by atoms with van der Waals surface area (Å²) in [5, 5.41) is 14.4. The number of piperidine rings is 1. The van der Waals surface area contributed by atoms with Crippen molar-refractivity contribution in [2.45, 2.75) is 62.3 Å². The zero-order valence-corrected chi connectivity index (χ0v) is 25.9. The molecule has 0 amide bonds. The first-order chi connectivity index (χ1) is 23.1. The maximum Gasteiger partial charge on any atom is 0.319 e. The Balaban J connectivity index is 1.27. The van der Waals surface area contributed by atoms with E-state index in [0.717, 1.165) is 19.4 Å². The quantitative estimate of drug-likeness (QED) is 0.204. The second-order valence-electron chi connectivity index (χ2n) is 13.5. The Labute approximate surface area is 273 Å². The van der Waals surface area contributed by atoms with E-state index >= 15 is 4.39 Å². The molecule has 5 aliphatic heterocycles. The summed E-state index contributed by atoms with van der Waals surface area (Å²) in [5.74, 6) is 0.466. The summed E-state index contributed by atoms with van der Waals surface area (Å²) in [4.78, 5) is 17.6. The number of aromatic hydroxyl groups is 1. The maximum atomic E-state index is 16.9. The van der Waals surface area contributed by atoms with Gasteiger partial charge in [-0.05, 0) is 61.7 Å². The predicted octanol–water partition coefficient (Wildman–Crippen LogP) is 5.59. The molecule has 8 nitrogen and oxygen atoms in total. The van der Waals surface area contributed by atoms with Crippen molar-refractivity contribution in [3.8, 4) is 35.4 Å². The van der Waals surface area contributed by atoms with E-state index in [4.69, 9.17) is 16.1 Å². The highest BCUT2D eigenvalue weighted by atomic mass is 19.3. The van der Waals surface area contributed by atoms with Crippen molar-refractivity contribution in [3.05, 3.63) is 47.7 Å². The molecule has 250 valence electrons. The van der Waals surface area contributed by atoms with Crippen molar-refractivity contribution in [1.82, 2.24) is 25.2 Å². The molecule has 2 N–H and O–H groups in total. The maximum absolute atomic E-state index is 16.9. The van der Waals surface area contributed by atoms with Gasteiger partial charge in [-0.2, -0.15) is 9.97 Å². The Kier molecular flexibility index (Phi) is 7.56. The Bertz CT molecular complexity index is 1970. The highest BCUT2D eigenvalue weighted by Gasteiger charge is 2.49. The first-order valence-corrected chi connectivity index (χ1v) is 16.2. The summed E-state index contributed by atoms with van der Waals surface area (Å²) in [5.41, 5.74) is -0.947. The molecule has 2 aromatic heterocycles. The van der Waals surface area contributed by atoms with Gasteiger partial charge in [-0.15, -0.1) is 6.42 Å². The molecule has 4 aromatic rings. The minimum atomic E-state index is -2.55. The van der Waals surface area contributed by atoms with E-state index in [1.165, 1.54) is 30.5 Å². The standard InChI is InChI=1S/C35H33F5N6O2/c1-2-23-26(37)7-5-18-10-22(47)11-24(27(18)23)30-28(38)31-25(13-41-30)33(45-14-19-4-6-21(16-45)42-29(19)32(39)40)44-34(43-31)48-17-35-8-3-9-46(35)15-20(36)12-35/h1,5,7,10-11,13,19-21,29,32,42,47H,3-4,6,8-9,12,14-17H2/t19-,20-,21-,29-,35+/m1/s1. The normalized spacial score (nSPS) is 27.1. The van der Waals surface area contributed by atoms with Gasteiger partial charge in [0, 0.05) is 49.2 Å². The molecule has 7 heterocycles. The number of halogens is 5. The molecule has 0 saturated carbocycles. The fraction of sp³-hybridized carbons (Fsp3) is 0.457. The van der Waals surface area contributed by atoms with Crippen LogP contribution in [0.1, 0.15) is 37.7 Å². The van der Waals surface area contributed by atoms with Crippen LogP contribution < -0.4 is 15.0 Å². The molecule has 0 spiro atoms. The number of rotatable bonds is 6. The van der Waals surface area contributed by atoms with Crippen molar-refractivity contribution in [3.63, 3.8) is 0 Å². The molecular formula is C35H33F5N6O2. The van der Waals surface area contributed by atoms with E-state index in [1.54, 1.807) is 0 Å². The molecule has 5 aliphatic rings. The third-order valence-electron chi connectivity index (χ3n) is 10.6. The van der Waals surface area contributed by atoms with Crippen molar-refractivity contribution in [1.29, 1.82) is 0 Å². The van der Waals surface area contributed by atoms with Crippen molar-refractivity contribution >= 4 is 27.5 Å². The molecule has 2 bridgehead atoms. The predicted molar refractivity (Wildman–Crippen MR) is 170 cm³/mol. The zero-order valence-electron chi connectivity index (χ0n) is 25.9. The summed E-state index contributed by atoms with van der Waals surface area (Å²) in [7, 11) is 0. The van der Waals surface area contributed by atoms with Gasteiger partial charge in [-0.25, -0.2) is 22.0 Å². The SMILES string of the molecule is C#Cc1c(F)ccc2cc(O)cc(-c3ncc4c(N5C[C@H]6CC[C@H](C5)[C@H](C(F)F)N6)nc(OC[C@@]56CCCN5C[C@H](F)C6)nc4c3F)c12. The van der Waals surface area contributed by atoms with Crippen LogP contribution in [0.15, 0.2) is 30.5 Å². The Morgan fingerprint density at radius 3 is 2.81 bits per heavy atom. The number of benzene rings is 2. The van der Waals surface area contributed by atoms with E-state index in [-0.39, 0.29) is 75.8 Å². The molecule has 0 unspecified atom stereocenters. The number of alkyl halides is 3. The number of pyridine rings is 1. The van der Waals surface area contributed by atoms with Crippen LogP contribution in [0.2, 0.25) is 0 Å². The minimum absolute atomic E-state index is 0.0664. The van der Waals surface area contributed by atoms with Gasteiger partial charge in [-0.1, -0.05) is 12.0 Å². The lowest BCUT2D eigenvalue weighted by Crippen LogP contribution is -2.50. The number of phenolic OH excluding ortho intramolecular Hbond substituents is 1. The smallest absolute Gasteiger partial charge is 0.319 e. The van der Waals surface area contributed by atoms with Crippen molar-refractivity contribution in [2.75, 3.05) is 37.7 Å². The van der Waals surface area contributed by atoms with Crippen LogP contribution >= 0.6 is 0 Å². The Hall–Kier alpha value is -4.28. The lowest BCUT2D eigenvalue weighted by molar-refractivity contribution is 0.0526. The lowest BCUT2D eigenvalue weighted by Gasteiger charge is -2.32. The second kappa shape index (κ2) is 11.7. The number of hydrogen-bond donors (Lipinski definition) is 2. The number of hydrogen-bond acceptors (Lipinski definition) is 8. The molecule has 0 aliphatic carbocycles. The Morgan fingerprint density at radius 2 is 2.00 bits per heavy atom. The minimum Gasteiger partial charge on any atom is -0.508 e. The van der Waals surface area contributed by atoms with E-state index in [0.29, 0.717) is 37.7 Å². The largest absolute Gasteiger partial charge is 0.508 e. The van der Waals surface area contributed by atoms with E-state index in [9.17, 15) is 22.7 Å². The average molecular weight is 665 g/mol. The molecule has 5 fully saturated rings. The van der Waals surface area contributed by atoms with Gasteiger partial charge in [0.25, 0.3) is 6.43 Å². The topological polar surface area (TPSA) is 86.6 Å². The average Bonchev–Trinajstić information content (AvgIpc) is 3.42. The summed E-state index contributed by atoms with van der Waals surface area (Å²) in [6.45, 7) is 1.77. The van der Waals surface area contributed by atoms with Gasteiger partial charge in [0.05, 0.1) is 22.5 Å². The summed E-state index contributed by atoms with van der Waals surface area (Å²) in [6.07, 6.45) is 6.79. The first-order valence-electron chi connectivity index (χ1n) is 16.2. The number of aromatic nitrogens is 3. The molecule has 5 saturated heterocycles. The highest BCUT2D eigenvalue weighted by Crippen LogP contribution is 2.42. The summed E-state index contributed by atoms with van der Waals surface area (Å²) in [6, 6.07) is 3.92. The fourth-order valence-electron chi connectivity index (χ4n) is 8.43. The Morgan fingerprint density at radius 1 is 1.15 bits per heavy atom. The molecular weight excluding hydrogens is 631 g/mol. The van der Waals surface area contributed by atoms with Gasteiger partial charge >= 0.3 is 6.01 Å². The number of nitrogens with one attached hydrogen (secondary N) is 1. The molecule has 0 radical (unpaired) electrons. The van der Waals surface area contributed by atoms with Gasteiger partial charge in [-0.3, -0.25) is 9.88 Å². The van der Waals surface area contributed by atoms with Gasteiger partial charge in [0.2, 0.25) is 0 Å². The van der Waals surface area contributed by atoms with E-state index in [1.807, 2.05) is 4.90 Å². The zero-order chi connectivity index (χ0) is 33.3. The number of phenols is 1. The third kappa shape index (κ3) is 5.08. The number of anilines is 1. The lowest BCUT2D eigenvalue weighted by atomic mass is 9.89. The van der Waals surface area contributed by atoms with Crippen LogP contribution in [-0.2, 0) is 0 Å². The van der Waals surface area contributed by atoms with E-state index < -0.39 is 35.8 Å². The molecule has 2 aromatic carbocycles. The van der Waals surface area contributed by atoms with Crippen LogP contribution in [0.3, 0.4) is 0 Å². The molecule has 13 heteroatoms. The number of fused-ring (bicyclic) bond motifs is 7. The number of nitrogens with zero attached hydrogens (tertiary/aromatic N) is 5. The van der Waals surface area contributed by atoms with Gasteiger partial charge in [0.15, 0.2) is 5.82 Å². The van der Waals surface area contributed by atoms with Crippen LogP contribution in [0.5, 0.6) is 11.8 Å². The monoisotopic (exact) mass is 664 g/mol. The number of ether oxygens (including phenoxy) is 1. The van der Waals surface area contributed by atoms with Gasteiger partial charge in [0.1, 0.15) is 41.4 Å². The molecule has 5 atom stereocenters. The third-order valence-corrected chi connectivity index (χ3v) is 10.6. The van der Waals surface area contributed by atoms with Gasteiger partial charge < -0.3 is 20.1 Å². The number of terminal acetylenes is 1. The van der Waals surface area contributed by atoms with Crippen molar-refractivity contribution < 1.29 is 31.8 Å². The van der Waals surface area contributed by atoms with Crippen LogP contribution in [0, 0.1) is 29.9 Å². The highest BCUT2D eigenvalue weighted by molar-refractivity contribution is 6.03. The van der Waals surface area contributed by atoms with Crippen LogP contribution in [0.4, 0.5) is 27.8 Å². The van der Waals surface area contributed by atoms with Crippen LogP contribution in [0.25, 0.3) is 32.9 Å². The van der Waals surface area contributed by atoms with Crippen LogP contribution in [-0.4, -0.2) is 88.0 Å². The second-order valence-corrected chi connectivity index (χ2v) is 13.5. The summed E-state index contributed by atoms with van der Waals surface area (Å²) < 4.78 is 80.4. The van der Waals surface area contributed by atoms with E-state index in [2.05, 4.69) is 26.1 Å². The summed E-state index contributed by atoms with van der Waals surface area (Å²) >= 11 is 0. The molecule has 48 heavy (non-hydrogen) atoms. The molecule has 9 rings (SSSR count).